The van der Waals surface area contributed by atoms with Gasteiger partial charge in [0.2, 0.25) is 7.37 Å². The summed E-state index contributed by atoms with van der Waals surface area (Å²) in [5.41, 5.74) is 0.968. The summed E-state index contributed by atoms with van der Waals surface area (Å²) >= 11 is 0. The van der Waals surface area contributed by atoms with E-state index in [1.54, 1.807) is 6.08 Å². The molecule has 0 aliphatic carbocycles. The lowest BCUT2D eigenvalue weighted by molar-refractivity contribution is 0.485. The van der Waals surface area contributed by atoms with Gasteiger partial charge in [0, 0.05) is 12.0 Å². The van der Waals surface area contributed by atoms with E-state index in [0.29, 0.717) is 6.16 Å². The van der Waals surface area contributed by atoms with E-state index in [1.807, 2.05) is 30.3 Å². The van der Waals surface area contributed by atoms with Crippen LogP contribution in [-0.4, -0.2) is 11.1 Å². The summed E-state index contributed by atoms with van der Waals surface area (Å²) in [6.07, 6.45) is 6.30. The molecule has 0 radical (unpaired) electrons. The molecule has 1 N–H and O–H groups in total. The van der Waals surface area contributed by atoms with Gasteiger partial charge in [-0.05, 0) is 18.1 Å². The molecule has 1 rings (SSSR count). The van der Waals surface area contributed by atoms with Gasteiger partial charge in [-0.15, -0.1) is 0 Å². The second kappa shape index (κ2) is 7.47. The van der Waals surface area contributed by atoms with Gasteiger partial charge in [0.05, 0.1) is 0 Å². The highest BCUT2D eigenvalue weighted by atomic mass is 31.2. The molecule has 0 heterocycles. The van der Waals surface area contributed by atoms with Crippen molar-refractivity contribution < 1.29 is 9.46 Å². The Kier molecular flexibility index (Phi) is 6.25. The normalized spacial score (nSPS) is 14.9. The Labute approximate surface area is 104 Å². The minimum Gasteiger partial charge on any atom is -0.341 e. The molecule has 94 valence electrons. The van der Waals surface area contributed by atoms with Crippen molar-refractivity contribution in [2.24, 2.45) is 0 Å². The highest BCUT2D eigenvalue weighted by Crippen LogP contribution is 2.43. The average Bonchev–Trinajstić information content (AvgIpc) is 2.34. The van der Waals surface area contributed by atoms with Crippen molar-refractivity contribution in [2.45, 2.75) is 32.6 Å². The van der Waals surface area contributed by atoms with Crippen LogP contribution in [0.25, 0.3) is 6.08 Å². The lowest BCUT2D eigenvalue weighted by atomic mass is 10.2. The molecule has 0 aliphatic heterocycles. The van der Waals surface area contributed by atoms with Crippen LogP contribution in [0.15, 0.2) is 36.1 Å². The highest BCUT2D eigenvalue weighted by molar-refractivity contribution is 7.61. The maximum atomic E-state index is 11.8. The Bertz CT molecular complexity index is 384. The minimum atomic E-state index is -3.08. The third kappa shape index (κ3) is 6.45. The number of benzene rings is 1. The van der Waals surface area contributed by atoms with Gasteiger partial charge < -0.3 is 4.89 Å². The maximum Gasteiger partial charge on any atom is 0.222 e. The van der Waals surface area contributed by atoms with Crippen molar-refractivity contribution in [1.29, 1.82) is 0 Å². The SMILES string of the molecule is CCCCCCP(=O)(O)C=Cc1ccccc1. The third-order valence-electron chi connectivity index (χ3n) is 2.63. The lowest BCUT2D eigenvalue weighted by Crippen LogP contribution is -1.86. The first-order chi connectivity index (χ1) is 8.14. The summed E-state index contributed by atoms with van der Waals surface area (Å²) in [5, 5.41) is 0. The van der Waals surface area contributed by atoms with Crippen molar-refractivity contribution in [1.82, 2.24) is 0 Å². The Balaban J connectivity index is 2.43. The summed E-state index contributed by atoms with van der Waals surface area (Å²) in [4.78, 5) is 9.74. The number of unbranched alkanes of at least 4 members (excludes halogenated alkanes) is 3. The monoisotopic (exact) mass is 252 g/mol. The molecular formula is C14H21O2P. The minimum absolute atomic E-state index is 0.399. The molecule has 0 aliphatic rings. The molecule has 0 saturated carbocycles. The molecule has 0 spiro atoms. The lowest BCUT2D eigenvalue weighted by Gasteiger charge is -2.05. The van der Waals surface area contributed by atoms with Crippen LogP contribution in [0.4, 0.5) is 0 Å². The van der Waals surface area contributed by atoms with Gasteiger partial charge in [-0.3, -0.25) is 4.57 Å². The van der Waals surface area contributed by atoms with Crippen LogP contribution in [0.5, 0.6) is 0 Å². The van der Waals surface area contributed by atoms with Gasteiger partial charge in [-0.25, -0.2) is 0 Å². The summed E-state index contributed by atoms with van der Waals surface area (Å²) in [6, 6.07) is 9.62. The second-order valence-corrected chi connectivity index (χ2v) is 6.52. The first kappa shape index (κ1) is 14.2. The molecule has 1 atom stereocenters. The fourth-order valence-corrected chi connectivity index (χ4v) is 2.84. The van der Waals surface area contributed by atoms with Crippen molar-refractivity contribution in [3.05, 3.63) is 41.7 Å². The van der Waals surface area contributed by atoms with Gasteiger partial charge in [-0.1, -0.05) is 56.5 Å². The zero-order valence-electron chi connectivity index (χ0n) is 10.4. The van der Waals surface area contributed by atoms with Crippen LogP contribution in [0.2, 0.25) is 0 Å². The van der Waals surface area contributed by atoms with Crippen molar-refractivity contribution in [3.63, 3.8) is 0 Å². The van der Waals surface area contributed by atoms with Gasteiger partial charge in [0.1, 0.15) is 0 Å². The fraction of sp³-hybridized carbons (Fsp3) is 0.429. The molecule has 1 aromatic carbocycles. The van der Waals surface area contributed by atoms with E-state index in [0.717, 1.165) is 31.2 Å². The Morgan fingerprint density at radius 2 is 1.88 bits per heavy atom. The first-order valence-corrected chi connectivity index (χ1v) is 8.11. The predicted octanol–water partition coefficient (Wildman–Crippen LogP) is 4.51. The van der Waals surface area contributed by atoms with Crippen LogP contribution in [-0.2, 0) is 4.57 Å². The Morgan fingerprint density at radius 1 is 1.18 bits per heavy atom. The molecule has 0 bridgehead atoms. The molecule has 17 heavy (non-hydrogen) atoms. The van der Waals surface area contributed by atoms with Crippen LogP contribution < -0.4 is 0 Å². The standard InChI is InChI=1S/C14H21O2P/c1-2-3-4-8-12-17(15,16)13-11-14-9-6-5-7-10-14/h5-7,9-11,13H,2-4,8,12H2,1H3,(H,15,16). The van der Waals surface area contributed by atoms with Crippen molar-refractivity contribution >= 4 is 13.4 Å². The van der Waals surface area contributed by atoms with Crippen LogP contribution >= 0.6 is 7.37 Å². The topological polar surface area (TPSA) is 37.3 Å². The molecule has 0 saturated heterocycles. The summed E-state index contributed by atoms with van der Waals surface area (Å²) < 4.78 is 11.8. The average molecular weight is 252 g/mol. The van der Waals surface area contributed by atoms with E-state index in [-0.39, 0.29) is 0 Å². The smallest absolute Gasteiger partial charge is 0.222 e. The molecule has 0 aromatic heterocycles. The number of rotatable bonds is 7. The quantitative estimate of drug-likeness (QED) is 0.572. The molecule has 2 nitrogen and oxygen atoms in total. The zero-order chi connectivity index (χ0) is 12.6. The molecule has 3 heteroatoms. The van der Waals surface area contributed by atoms with E-state index >= 15 is 0 Å². The van der Waals surface area contributed by atoms with Crippen LogP contribution in [0.1, 0.15) is 38.2 Å². The van der Waals surface area contributed by atoms with Gasteiger partial charge in [-0.2, -0.15) is 0 Å². The maximum absolute atomic E-state index is 11.8. The van der Waals surface area contributed by atoms with E-state index in [2.05, 4.69) is 6.92 Å². The van der Waals surface area contributed by atoms with Gasteiger partial charge in [0.15, 0.2) is 0 Å². The van der Waals surface area contributed by atoms with Crippen LogP contribution in [0, 0.1) is 0 Å². The van der Waals surface area contributed by atoms with Gasteiger partial charge in [0.25, 0.3) is 0 Å². The largest absolute Gasteiger partial charge is 0.341 e. The van der Waals surface area contributed by atoms with Crippen LogP contribution in [0.3, 0.4) is 0 Å². The van der Waals surface area contributed by atoms with Gasteiger partial charge >= 0.3 is 0 Å². The molecular weight excluding hydrogens is 231 g/mol. The molecule has 0 amide bonds. The zero-order valence-corrected chi connectivity index (χ0v) is 11.3. The highest BCUT2D eigenvalue weighted by Gasteiger charge is 2.12. The first-order valence-electron chi connectivity index (χ1n) is 6.20. The summed E-state index contributed by atoms with van der Waals surface area (Å²) in [5.74, 6) is 1.47. The predicted molar refractivity (Wildman–Crippen MR) is 74.3 cm³/mol. The Morgan fingerprint density at radius 3 is 2.53 bits per heavy atom. The molecule has 1 aromatic rings. The second-order valence-electron chi connectivity index (χ2n) is 4.27. The third-order valence-corrected chi connectivity index (χ3v) is 4.20. The van der Waals surface area contributed by atoms with Crippen molar-refractivity contribution in [3.8, 4) is 0 Å². The van der Waals surface area contributed by atoms with Crippen molar-refractivity contribution in [2.75, 3.05) is 6.16 Å². The van der Waals surface area contributed by atoms with E-state index in [9.17, 15) is 9.46 Å². The fourth-order valence-electron chi connectivity index (χ4n) is 1.61. The number of hydrogen-bond acceptors (Lipinski definition) is 1. The Hall–Kier alpha value is -0.850. The van der Waals surface area contributed by atoms with E-state index in [1.165, 1.54) is 5.82 Å². The van der Waals surface area contributed by atoms with E-state index in [4.69, 9.17) is 0 Å². The summed E-state index contributed by atoms with van der Waals surface area (Å²) in [6.45, 7) is 2.13. The molecule has 1 unspecified atom stereocenters. The number of hydrogen-bond donors (Lipinski definition) is 1. The summed E-state index contributed by atoms with van der Waals surface area (Å²) in [7, 11) is -3.08. The molecule has 0 fully saturated rings. The van der Waals surface area contributed by atoms with E-state index < -0.39 is 7.37 Å².